The molecule has 1 aromatic rings. The molecule has 0 bridgehead atoms. The normalized spacial score (nSPS) is 11.9. The molecule has 1 atom stereocenters. The number of nitrogens with one attached hydrogen (secondary N) is 1. The average Bonchev–Trinajstić information content (AvgIpc) is 2.30. The molecular weight excluding hydrogens is 222 g/mol. The van der Waals surface area contributed by atoms with E-state index in [-0.39, 0.29) is 11.6 Å². The maximum atomic E-state index is 11.5. The molecule has 0 spiro atoms. The highest BCUT2D eigenvalue weighted by molar-refractivity contribution is 5.94. The molecule has 1 aromatic heterocycles. The molecule has 6 nitrogen and oxygen atoms in total. The third-order valence-corrected chi connectivity index (χ3v) is 2.19. The molecule has 0 aliphatic carbocycles. The molecule has 0 fully saturated rings. The van der Waals surface area contributed by atoms with E-state index in [9.17, 15) is 9.59 Å². The van der Waals surface area contributed by atoms with Gasteiger partial charge in [0.25, 0.3) is 0 Å². The van der Waals surface area contributed by atoms with Crippen molar-refractivity contribution in [3.8, 4) is 0 Å². The van der Waals surface area contributed by atoms with Crippen LogP contribution in [0.25, 0.3) is 0 Å². The highest BCUT2D eigenvalue weighted by Gasteiger charge is 2.12. The van der Waals surface area contributed by atoms with Crippen molar-refractivity contribution in [2.75, 3.05) is 5.32 Å². The van der Waals surface area contributed by atoms with Crippen LogP contribution in [0.5, 0.6) is 0 Å². The Bertz CT molecular complexity index is 403. The first-order valence-electron chi connectivity index (χ1n) is 5.30. The SMILES string of the molecule is CCCC(N)C(=O)Nc1ccc(C(=O)O)nc1. The first kappa shape index (κ1) is 13.1. The van der Waals surface area contributed by atoms with E-state index >= 15 is 0 Å². The number of carbonyl (C=O) groups excluding carboxylic acids is 1. The average molecular weight is 237 g/mol. The minimum Gasteiger partial charge on any atom is -0.477 e. The lowest BCUT2D eigenvalue weighted by Crippen LogP contribution is -2.35. The molecule has 0 radical (unpaired) electrons. The van der Waals surface area contributed by atoms with Crippen LogP contribution in [0.4, 0.5) is 5.69 Å². The Morgan fingerprint density at radius 2 is 2.24 bits per heavy atom. The zero-order valence-corrected chi connectivity index (χ0v) is 9.51. The van der Waals surface area contributed by atoms with Crippen LogP contribution in [0.3, 0.4) is 0 Å². The second kappa shape index (κ2) is 5.95. The van der Waals surface area contributed by atoms with Crippen LogP contribution in [0.15, 0.2) is 18.3 Å². The molecule has 1 heterocycles. The molecule has 0 aliphatic rings. The van der Waals surface area contributed by atoms with Crippen LogP contribution in [-0.2, 0) is 4.79 Å². The number of carboxylic acid groups (broad SMARTS) is 1. The van der Waals surface area contributed by atoms with Crippen molar-refractivity contribution in [2.45, 2.75) is 25.8 Å². The number of aromatic carboxylic acids is 1. The van der Waals surface area contributed by atoms with Gasteiger partial charge in [0.1, 0.15) is 5.69 Å². The van der Waals surface area contributed by atoms with E-state index in [0.29, 0.717) is 12.1 Å². The molecule has 6 heteroatoms. The van der Waals surface area contributed by atoms with E-state index in [1.165, 1.54) is 18.3 Å². The van der Waals surface area contributed by atoms with Gasteiger partial charge in [-0.1, -0.05) is 13.3 Å². The summed E-state index contributed by atoms with van der Waals surface area (Å²) in [5.41, 5.74) is 6.00. The fourth-order valence-electron chi connectivity index (χ4n) is 1.27. The van der Waals surface area contributed by atoms with E-state index in [2.05, 4.69) is 10.3 Å². The van der Waals surface area contributed by atoms with Crippen molar-refractivity contribution in [3.63, 3.8) is 0 Å². The topological polar surface area (TPSA) is 105 Å². The van der Waals surface area contributed by atoms with Crippen molar-refractivity contribution in [2.24, 2.45) is 5.73 Å². The van der Waals surface area contributed by atoms with Crippen LogP contribution in [-0.4, -0.2) is 28.0 Å². The van der Waals surface area contributed by atoms with Gasteiger partial charge in [-0.3, -0.25) is 4.79 Å². The van der Waals surface area contributed by atoms with E-state index in [1.54, 1.807) is 0 Å². The Morgan fingerprint density at radius 3 is 2.71 bits per heavy atom. The fraction of sp³-hybridized carbons (Fsp3) is 0.364. The number of hydrogen-bond acceptors (Lipinski definition) is 4. The van der Waals surface area contributed by atoms with Gasteiger partial charge >= 0.3 is 5.97 Å². The third-order valence-electron chi connectivity index (χ3n) is 2.19. The van der Waals surface area contributed by atoms with Gasteiger partial charge in [-0.05, 0) is 18.6 Å². The molecule has 4 N–H and O–H groups in total. The van der Waals surface area contributed by atoms with E-state index in [0.717, 1.165) is 6.42 Å². The van der Waals surface area contributed by atoms with E-state index in [4.69, 9.17) is 10.8 Å². The van der Waals surface area contributed by atoms with Gasteiger partial charge in [0.05, 0.1) is 17.9 Å². The molecule has 1 amide bonds. The van der Waals surface area contributed by atoms with Crippen molar-refractivity contribution >= 4 is 17.6 Å². The monoisotopic (exact) mass is 237 g/mol. The van der Waals surface area contributed by atoms with Crippen LogP contribution in [0, 0.1) is 0 Å². The smallest absolute Gasteiger partial charge is 0.354 e. The zero-order valence-electron chi connectivity index (χ0n) is 9.51. The van der Waals surface area contributed by atoms with Crippen LogP contribution >= 0.6 is 0 Å². The number of pyridine rings is 1. The summed E-state index contributed by atoms with van der Waals surface area (Å²) in [5, 5.41) is 11.2. The first-order chi connectivity index (χ1) is 8.04. The second-order valence-corrected chi connectivity index (χ2v) is 3.62. The van der Waals surface area contributed by atoms with Crippen LogP contribution < -0.4 is 11.1 Å². The summed E-state index contributed by atoms with van der Waals surface area (Å²) in [6, 6.07) is 2.25. The molecule has 0 saturated heterocycles. The fourth-order valence-corrected chi connectivity index (χ4v) is 1.27. The molecule has 1 unspecified atom stereocenters. The van der Waals surface area contributed by atoms with Gasteiger partial charge in [-0.25, -0.2) is 9.78 Å². The Morgan fingerprint density at radius 1 is 1.53 bits per heavy atom. The number of amides is 1. The Hall–Kier alpha value is -1.95. The number of anilines is 1. The summed E-state index contributed by atoms with van der Waals surface area (Å²) in [4.78, 5) is 25.8. The summed E-state index contributed by atoms with van der Waals surface area (Å²) >= 11 is 0. The maximum absolute atomic E-state index is 11.5. The standard InChI is InChI=1S/C11H15N3O3/c1-2-3-8(12)10(15)14-7-4-5-9(11(16)17)13-6-7/h4-6,8H,2-3,12H2,1H3,(H,14,15)(H,16,17). The molecule has 1 rings (SSSR count). The zero-order chi connectivity index (χ0) is 12.8. The van der Waals surface area contributed by atoms with Crippen LogP contribution in [0.1, 0.15) is 30.3 Å². The lowest BCUT2D eigenvalue weighted by Gasteiger charge is -2.10. The number of nitrogens with zero attached hydrogens (tertiary/aromatic N) is 1. The summed E-state index contributed by atoms with van der Waals surface area (Å²) in [6.07, 6.45) is 2.72. The van der Waals surface area contributed by atoms with Gasteiger partial charge in [-0.15, -0.1) is 0 Å². The van der Waals surface area contributed by atoms with Gasteiger partial charge in [0.2, 0.25) is 5.91 Å². The van der Waals surface area contributed by atoms with E-state index < -0.39 is 12.0 Å². The summed E-state index contributed by atoms with van der Waals surface area (Å²) < 4.78 is 0. The molecule has 0 saturated carbocycles. The predicted molar refractivity (Wildman–Crippen MR) is 62.7 cm³/mol. The molecule has 0 aliphatic heterocycles. The summed E-state index contributed by atoms with van der Waals surface area (Å²) in [6.45, 7) is 1.94. The molecule has 0 aromatic carbocycles. The van der Waals surface area contributed by atoms with Gasteiger partial charge in [-0.2, -0.15) is 0 Å². The Labute approximate surface area is 98.8 Å². The second-order valence-electron chi connectivity index (χ2n) is 3.62. The number of aromatic nitrogens is 1. The van der Waals surface area contributed by atoms with Crippen molar-refractivity contribution in [3.05, 3.63) is 24.0 Å². The first-order valence-corrected chi connectivity index (χ1v) is 5.30. The number of carbonyl (C=O) groups is 2. The maximum Gasteiger partial charge on any atom is 0.354 e. The largest absolute Gasteiger partial charge is 0.477 e. The van der Waals surface area contributed by atoms with Crippen LogP contribution in [0.2, 0.25) is 0 Å². The minimum atomic E-state index is -1.11. The lowest BCUT2D eigenvalue weighted by molar-refractivity contribution is -0.117. The minimum absolute atomic E-state index is 0.0687. The third kappa shape index (κ3) is 3.84. The predicted octanol–water partition coefficient (Wildman–Crippen LogP) is 0.846. The Kier molecular flexibility index (Phi) is 4.59. The summed E-state index contributed by atoms with van der Waals surface area (Å²) in [5.74, 6) is -1.40. The number of nitrogens with two attached hydrogens (primary N) is 1. The molecule has 17 heavy (non-hydrogen) atoms. The van der Waals surface area contributed by atoms with Gasteiger partial charge in [0, 0.05) is 0 Å². The van der Waals surface area contributed by atoms with E-state index in [1.807, 2.05) is 6.92 Å². The highest BCUT2D eigenvalue weighted by atomic mass is 16.4. The van der Waals surface area contributed by atoms with Gasteiger partial charge < -0.3 is 16.2 Å². The number of hydrogen-bond donors (Lipinski definition) is 3. The summed E-state index contributed by atoms with van der Waals surface area (Å²) in [7, 11) is 0. The lowest BCUT2D eigenvalue weighted by atomic mass is 10.1. The van der Waals surface area contributed by atoms with Crippen molar-refractivity contribution < 1.29 is 14.7 Å². The Balaban J connectivity index is 2.63. The highest BCUT2D eigenvalue weighted by Crippen LogP contribution is 2.07. The quantitative estimate of drug-likeness (QED) is 0.703. The molecule has 92 valence electrons. The van der Waals surface area contributed by atoms with Gasteiger partial charge in [0.15, 0.2) is 0 Å². The van der Waals surface area contributed by atoms with Crippen molar-refractivity contribution in [1.29, 1.82) is 0 Å². The van der Waals surface area contributed by atoms with Crippen molar-refractivity contribution in [1.82, 2.24) is 4.98 Å². The number of rotatable bonds is 5. The number of carboxylic acids is 1. The molecular formula is C11H15N3O3.